The average Bonchev–Trinajstić information content (AvgIpc) is 2.17. The van der Waals surface area contributed by atoms with E-state index in [2.05, 4.69) is 0 Å². The summed E-state index contributed by atoms with van der Waals surface area (Å²) in [5, 5.41) is 0. The quantitative estimate of drug-likeness (QED) is 0.484. The molecule has 0 aliphatic carbocycles. The van der Waals surface area contributed by atoms with Crippen LogP contribution in [0, 0.1) is 5.92 Å². The molecule has 0 amide bonds. The van der Waals surface area contributed by atoms with Crippen molar-refractivity contribution >= 4 is 5.97 Å². The van der Waals surface area contributed by atoms with Gasteiger partial charge in [0.1, 0.15) is 5.92 Å². The first-order chi connectivity index (χ1) is 7.06. The van der Waals surface area contributed by atoms with E-state index >= 15 is 0 Å². The Bertz CT molecular complexity index is 175. The molecule has 0 spiro atoms. The lowest BCUT2D eigenvalue weighted by molar-refractivity contribution is -0.180. The third-order valence-electron chi connectivity index (χ3n) is 2.05. The summed E-state index contributed by atoms with van der Waals surface area (Å²) < 4.78 is 15.3. The van der Waals surface area contributed by atoms with Crippen molar-refractivity contribution < 1.29 is 19.0 Å². The lowest BCUT2D eigenvalue weighted by atomic mass is 10.0. The van der Waals surface area contributed by atoms with Crippen LogP contribution in [0.4, 0.5) is 0 Å². The second-order valence-electron chi connectivity index (χ2n) is 3.72. The van der Waals surface area contributed by atoms with Crippen LogP contribution in [-0.4, -0.2) is 32.6 Å². The van der Waals surface area contributed by atoms with Gasteiger partial charge in [-0.3, -0.25) is 4.79 Å². The van der Waals surface area contributed by atoms with E-state index in [0.717, 1.165) is 6.42 Å². The summed E-state index contributed by atoms with van der Waals surface area (Å²) in [6, 6.07) is 0. The van der Waals surface area contributed by atoms with Crippen LogP contribution >= 0.6 is 0 Å². The predicted molar refractivity (Wildman–Crippen MR) is 57.4 cm³/mol. The number of hydrogen-bond donors (Lipinski definition) is 0. The third kappa shape index (κ3) is 5.14. The van der Waals surface area contributed by atoms with Gasteiger partial charge in [0.05, 0.1) is 6.10 Å². The van der Waals surface area contributed by atoms with Gasteiger partial charge in [-0.05, 0) is 20.3 Å². The molecule has 0 N–H and O–H groups in total. The minimum absolute atomic E-state index is 0.105. The van der Waals surface area contributed by atoms with Gasteiger partial charge in [-0.25, -0.2) is 0 Å². The Hall–Kier alpha value is -0.610. The molecule has 0 heterocycles. The van der Waals surface area contributed by atoms with Crippen molar-refractivity contribution in [2.75, 3.05) is 14.2 Å². The van der Waals surface area contributed by atoms with Crippen LogP contribution in [0.15, 0.2) is 0 Å². The van der Waals surface area contributed by atoms with Crippen molar-refractivity contribution in [3.8, 4) is 0 Å². The second-order valence-corrected chi connectivity index (χ2v) is 3.72. The SMILES string of the molecule is CCCC(C(=O)OC(C)C)C(OC)OC. The van der Waals surface area contributed by atoms with Crippen molar-refractivity contribution in [3.05, 3.63) is 0 Å². The molecular formula is C11H22O4. The molecule has 15 heavy (non-hydrogen) atoms. The molecule has 1 unspecified atom stereocenters. The highest BCUT2D eigenvalue weighted by Gasteiger charge is 2.29. The minimum Gasteiger partial charge on any atom is -0.463 e. The molecule has 0 fully saturated rings. The molecule has 0 rings (SSSR count). The summed E-state index contributed by atoms with van der Waals surface area (Å²) in [6.45, 7) is 5.67. The van der Waals surface area contributed by atoms with Gasteiger partial charge < -0.3 is 14.2 Å². The van der Waals surface area contributed by atoms with Crippen LogP contribution in [0.2, 0.25) is 0 Å². The Morgan fingerprint density at radius 2 is 1.73 bits per heavy atom. The lowest BCUT2D eigenvalue weighted by Gasteiger charge is -2.23. The third-order valence-corrected chi connectivity index (χ3v) is 2.05. The van der Waals surface area contributed by atoms with Crippen LogP contribution in [-0.2, 0) is 19.0 Å². The number of esters is 1. The molecule has 0 aliphatic rings. The fourth-order valence-corrected chi connectivity index (χ4v) is 1.42. The molecule has 0 aromatic heterocycles. The van der Waals surface area contributed by atoms with E-state index in [9.17, 15) is 4.79 Å². The van der Waals surface area contributed by atoms with Gasteiger partial charge in [0, 0.05) is 14.2 Å². The summed E-state index contributed by atoms with van der Waals surface area (Å²) in [5.41, 5.74) is 0. The van der Waals surface area contributed by atoms with Gasteiger partial charge in [0.15, 0.2) is 6.29 Å². The molecule has 0 aromatic carbocycles. The van der Waals surface area contributed by atoms with E-state index in [1.807, 2.05) is 20.8 Å². The van der Waals surface area contributed by atoms with Crippen molar-refractivity contribution in [3.63, 3.8) is 0 Å². The van der Waals surface area contributed by atoms with Gasteiger partial charge in [0.25, 0.3) is 0 Å². The highest BCUT2D eigenvalue weighted by molar-refractivity contribution is 5.73. The number of methoxy groups -OCH3 is 2. The largest absolute Gasteiger partial charge is 0.463 e. The van der Waals surface area contributed by atoms with E-state index in [1.54, 1.807) is 0 Å². The van der Waals surface area contributed by atoms with Gasteiger partial charge >= 0.3 is 5.97 Å². The Labute approximate surface area is 91.9 Å². The minimum atomic E-state index is -0.517. The summed E-state index contributed by atoms with van der Waals surface area (Å²) in [7, 11) is 3.05. The monoisotopic (exact) mass is 218 g/mol. The average molecular weight is 218 g/mol. The molecule has 4 nitrogen and oxygen atoms in total. The fourth-order valence-electron chi connectivity index (χ4n) is 1.42. The Morgan fingerprint density at radius 3 is 2.07 bits per heavy atom. The lowest BCUT2D eigenvalue weighted by Crippen LogP contribution is -2.34. The zero-order chi connectivity index (χ0) is 11.8. The van der Waals surface area contributed by atoms with Crippen molar-refractivity contribution in [1.82, 2.24) is 0 Å². The van der Waals surface area contributed by atoms with E-state index in [-0.39, 0.29) is 18.0 Å². The molecule has 0 aromatic rings. The second kappa shape index (κ2) is 7.65. The topological polar surface area (TPSA) is 44.8 Å². The van der Waals surface area contributed by atoms with Crippen LogP contribution < -0.4 is 0 Å². The Morgan fingerprint density at radius 1 is 1.20 bits per heavy atom. The molecule has 0 saturated carbocycles. The molecule has 0 bridgehead atoms. The Kier molecular flexibility index (Phi) is 7.34. The van der Waals surface area contributed by atoms with Gasteiger partial charge in [-0.1, -0.05) is 13.3 Å². The first kappa shape index (κ1) is 14.4. The van der Waals surface area contributed by atoms with Crippen LogP contribution in [0.5, 0.6) is 0 Å². The first-order valence-electron chi connectivity index (χ1n) is 5.32. The molecular weight excluding hydrogens is 196 g/mol. The molecule has 0 aliphatic heterocycles. The normalized spacial score (nSPS) is 13.3. The summed E-state index contributed by atoms with van der Waals surface area (Å²) >= 11 is 0. The number of rotatable bonds is 7. The summed E-state index contributed by atoms with van der Waals surface area (Å²) in [5.74, 6) is -0.590. The standard InChI is InChI=1S/C11H22O4/c1-6-7-9(11(13-4)14-5)10(12)15-8(2)3/h8-9,11H,6-7H2,1-5H3. The van der Waals surface area contributed by atoms with Crippen LogP contribution in [0.25, 0.3) is 0 Å². The van der Waals surface area contributed by atoms with Gasteiger partial charge in [-0.2, -0.15) is 0 Å². The highest BCUT2D eigenvalue weighted by Crippen LogP contribution is 2.17. The van der Waals surface area contributed by atoms with Crippen LogP contribution in [0.3, 0.4) is 0 Å². The molecule has 0 saturated heterocycles. The number of hydrogen-bond acceptors (Lipinski definition) is 4. The maximum absolute atomic E-state index is 11.7. The van der Waals surface area contributed by atoms with E-state index in [1.165, 1.54) is 14.2 Å². The van der Waals surface area contributed by atoms with Gasteiger partial charge in [0.2, 0.25) is 0 Å². The van der Waals surface area contributed by atoms with E-state index < -0.39 is 6.29 Å². The zero-order valence-electron chi connectivity index (χ0n) is 10.3. The predicted octanol–water partition coefficient (Wildman–Crippen LogP) is 1.97. The number of carbonyl (C=O) groups excluding carboxylic acids is 1. The smallest absolute Gasteiger partial charge is 0.314 e. The van der Waals surface area contributed by atoms with E-state index in [0.29, 0.717) is 6.42 Å². The van der Waals surface area contributed by atoms with Crippen LogP contribution in [0.1, 0.15) is 33.6 Å². The summed E-state index contributed by atoms with van der Waals surface area (Å²) in [6.07, 6.45) is 0.973. The molecule has 1 atom stereocenters. The van der Waals surface area contributed by atoms with Gasteiger partial charge in [-0.15, -0.1) is 0 Å². The first-order valence-corrected chi connectivity index (χ1v) is 5.32. The molecule has 90 valence electrons. The van der Waals surface area contributed by atoms with Crippen molar-refractivity contribution in [1.29, 1.82) is 0 Å². The zero-order valence-corrected chi connectivity index (χ0v) is 10.3. The molecule has 4 heteroatoms. The maximum atomic E-state index is 11.7. The summed E-state index contributed by atoms with van der Waals surface area (Å²) in [4.78, 5) is 11.7. The Balaban J connectivity index is 4.41. The van der Waals surface area contributed by atoms with E-state index in [4.69, 9.17) is 14.2 Å². The highest BCUT2D eigenvalue weighted by atomic mass is 16.7. The number of ether oxygens (including phenoxy) is 3. The molecule has 0 radical (unpaired) electrons. The number of carbonyl (C=O) groups is 1. The van der Waals surface area contributed by atoms with Crippen molar-refractivity contribution in [2.45, 2.75) is 46.0 Å². The van der Waals surface area contributed by atoms with Crippen molar-refractivity contribution in [2.24, 2.45) is 5.92 Å². The fraction of sp³-hybridized carbons (Fsp3) is 0.909. The maximum Gasteiger partial charge on any atom is 0.314 e.